The molecule has 20 heavy (non-hydrogen) atoms. The molecule has 112 valence electrons. The Labute approximate surface area is 121 Å². The summed E-state index contributed by atoms with van der Waals surface area (Å²) in [6, 6.07) is 8.10. The number of rotatable bonds is 6. The standard InChI is InChI=1S/C16H26N2O2/c1-6-17-12(2)13-8-7-9-14(10-13)20-11-15(19)18-16(3,4)5/h7-10,12,17H,6,11H2,1-5H3,(H,18,19). The summed E-state index contributed by atoms with van der Waals surface area (Å²) in [4.78, 5) is 11.7. The lowest BCUT2D eigenvalue weighted by Crippen LogP contribution is -2.43. The van der Waals surface area contributed by atoms with Crippen molar-refractivity contribution in [1.82, 2.24) is 10.6 Å². The van der Waals surface area contributed by atoms with Gasteiger partial charge in [0.25, 0.3) is 5.91 Å². The summed E-state index contributed by atoms with van der Waals surface area (Å²) in [5.41, 5.74) is 0.919. The van der Waals surface area contributed by atoms with Gasteiger partial charge in [0, 0.05) is 11.6 Å². The van der Waals surface area contributed by atoms with E-state index in [1.807, 2.05) is 39.0 Å². The molecule has 4 heteroatoms. The average molecular weight is 278 g/mol. The predicted molar refractivity (Wildman–Crippen MR) is 81.9 cm³/mol. The fraction of sp³-hybridized carbons (Fsp3) is 0.562. The highest BCUT2D eigenvalue weighted by Crippen LogP contribution is 2.18. The lowest BCUT2D eigenvalue weighted by atomic mass is 10.1. The van der Waals surface area contributed by atoms with Crippen LogP contribution in [0.1, 0.15) is 46.2 Å². The SMILES string of the molecule is CCNC(C)c1cccc(OCC(=O)NC(C)(C)C)c1. The van der Waals surface area contributed by atoms with E-state index in [1.54, 1.807) is 0 Å². The Morgan fingerprint density at radius 2 is 2.05 bits per heavy atom. The van der Waals surface area contributed by atoms with Gasteiger partial charge in [-0.2, -0.15) is 0 Å². The number of carbonyl (C=O) groups is 1. The second-order valence-electron chi connectivity index (χ2n) is 5.94. The van der Waals surface area contributed by atoms with Gasteiger partial charge in [-0.25, -0.2) is 0 Å². The van der Waals surface area contributed by atoms with Crippen LogP contribution in [0, 0.1) is 0 Å². The van der Waals surface area contributed by atoms with Crippen molar-refractivity contribution in [2.24, 2.45) is 0 Å². The van der Waals surface area contributed by atoms with Crippen LogP contribution in [0.15, 0.2) is 24.3 Å². The minimum atomic E-state index is -0.234. The van der Waals surface area contributed by atoms with Gasteiger partial charge in [0.1, 0.15) is 5.75 Å². The Morgan fingerprint density at radius 3 is 2.65 bits per heavy atom. The minimum Gasteiger partial charge on any atom is -0.484 e. The molecule has 0 heterocycles. The molecule has 0 spiro atoms. The predicted octanol–water partition coefficient (Wildman–Crippen LogP) is 2.65. The normalized spacial score (nSPS) is 12.8. The third-order valence-electron chi connectivity index (χ3n) is 2.75. The number of hydrogen-bond donors (Lipinski definition) is 2. The van der Waals surface area contributed by atoms with Crippen LogP contribution in [0.25, 0.3) is 0 Å². The molecule has 1 unspecified atom stereocenters. The van der Waals surface area contributed by atoms with Crippen molar-refractivity contribution in [2.75, 3.05) is 13.2 Å². The largest absolute Gasteiger partial charge is 0.484 e. The number of ether oxygens (including phenoxy) is 1. The molecule has 4 nitrogen and oxygen atoms in total. The minimum absolute atomic E-state index is 0.0380. The summed E-state index contributed by atoms with van der Waals surface area (Å²) in [5.74, 6) is 0.610. The summed E-state index contributed by atoms with van der Waals surface area (Å²) in [5, 5.41) is 6.22. The molecule has 0 aliphatic heterocycles. The Kier molecular flexibility index (Phi) is 6.02. The van der Waals surface area contributed by atoms with Crippen LogP contribution >= 0.6 is 0 Å². The van der Waals surface area contributed by atoms with E-state index >= 15 is 0 Å². The molecule has 0 bridgehead atoms. The fourth-order valence-corrected chi connectivity index (χ4v) is 1.90. The van der Waals surface area contributed by atoms with Crippen molar-refractivity contribution < 1.29 is 9.53 Å². The molecule has 0 saturated carbocycles. The van der Waals surface area contributed by atoms with Gasteiger partial charge in [0.2, 0.25) is 0 Å². The van der Waals surface area contributed by atoms with Crippen molar-refractivity contribution >= 4 is 5.91 Å². The summed E-state index contributed by atoms with van der Waals surface area (Å²) >= 11 is 0. The fourth-order valence-electron chi connectivity index (χ4n) is 1.90. The molecule has 1 amide bonds. The van der Waals surface area contributed by atoms with E-state index in [9.17, 15) is 4.79 Å². The molecule has 0 saturated heterocycles. The maximum Gasteiger partial charge on any atom is 0.258 e. The topological polar surface area (TPSA) is 50.4 Å². The van der Waals surface area contributed by atoms with Crippen LogP contribution in [-0.4, -0.2) is 24.6 Å². The van der Waals surface area contributed by atoms with E-state index in [-0.39, 0.29) is 24.1 Å². The van der Waals surface area contributed by atoms with Crippen molar-refractivity contribution in [3.63, 3.8) is 0 Å². The second kappa shape index (κ2) is 7.29. The molecule has 1 rings (SSSR count). The third kappa shape index (κ3) is 6.06. The highest BCUT2D eigenvalue weighted by atomic mass is 16.5. The van der Waals surface area contributed by atoms with Crippen LogP contribution < -0.4 is 15.4 Å². The molecule has 2 N–H and O–H groups in total. The molecule has 0 radical (unpaired) electrons. The number of carbonyl (C=O) groups excluding carboxylic acids is 1. The molecule has 0 aromatic heterocycles. The summed E-state index contributed by atoms with van der Waals surface area (Å²) < 4.78 is 5.54. The third-order valence-corrected chi connectivity index (χ3v) is 2.75. The van der Waals surface area contributed by atoms with E-state index in [0.29, 0.717) is 0 Å². The summed E-state index contributed by atoms with van der Waals surface area (Å²) in [6.07, 6.45) is 0. The zero-order chi connectivity index (χ0) is 15.2. The molecule has 1 aromatic rings. The average Bonchev–Trinajstić information content (AvgIpc) is 2.35. The maximum absolute atomic E-state index is 11.7. The van der Waals surface area contributed by atoms with Gasteiger partial charge in [-0.05, 0) is 51.9 Å². The first-order valence-corrected chi connectivity index (χ1v) is 7.09. The van der Waals surface area contributed by atoms with Crippen LogP contribution in [-0.2, 0) is 4.79 Å². The van der Waals surface area contributed by atoms with E-state index in [0.717, 1.165) is 17.9 Å². The van der Waals surface area contributed by atoms with E-state index in [4.69, 9.17) is 4.74 Å². The first-order chi connectivity index (χ1) is 9.31. The van der Waals surface area contributed by atoms with E-state index < -0.39 is 0 Å². The van der Waals surface area contributed by atoms with Gasteiger partial charge < -0.3 is 15.4 Å². The molecule has 0 aliphatic rings. The molecular weight excluding hydrogens is 252 g/mol. The zero-order valence-electron chi connectivity index (χ0n) is 13.1. The Morgan fingerprint density at radius 1 is 1.35 bits per heavy atom. The highest BCUT2D eigenvalue weighted by molar-refractivity contribution is 5.78. The maximum atomic E-state index is 11.7. The van der Waals surface area contributed by atoms with E-state index in [1.165, 1.54) is 0 Å². The van der Waals surface area contributed by atoms with E-state index in [2.05, 4.69) is 30.5 Å². The van der Waals surface area contributed by atoms with Crippen LogP contribution in [0.3, 0.4) is 0 Å². The van der Waals surface area contributed by atoms with Gasteiger partial charge in [-0.1, -0.05) is 19.1 Å². The quantitative estimate of drug-likeness (QED) is 0.841. The van der Waals surface area contributed by atoms with Crippen molar-refractivity contribution in [2.45, 2.75) is 46.2 Å². The van der Waals surface area contributed by atoms with Crippen molar-refractivity contribution in [3.05, 3.63) is 29.8 Å². The zero-order valence-corrected chi connectivity index (χ0v) is 13.1. The second-order valence-corrected chi connectivity index (χ2v) is 5.94. The van der Waals surface area contributed by atoms with Crippen LogP contribution in [0.4, 0.5) is 0 Å². The number of hydrogen-bond acceptors (Lipinski definition) is 3. The van der Waals surface area contributed by atoms with Gasteiger partial charge in [-0.3, -0.25) is 4.79 Å². The first-order valence-electron chi connectivity index (χ1n) is 7.09. The number of nitrogens with one attached hydrogen (secondary N) is 2. The number of amides is 1. The summed E-state index contributed by atoms with van der Waals surface area (Å²) in [6.45, 7) is 11.0. The van der Waals surface area contributed by atoms with Gasteiger partial charge in [0.05, 0.1) is 0 Å². The monoisotopic (exact) mass is 278 g/mol. The molecule has 1 aromatic carbocycles. The highest BCUT2D eigenvalue weighted by Gasteiger charge is 2.14. The smallest absolute Gasteiger partial charge is 0.258 e. The first kappa shape index (κ1) is 16.5. The van der Waals surface area contributed by atoms with Gasteiger partial charge in [-0.15, -0.1) is 0 Å². The van der Waals surface area contributed by atoms with Crippen molar-refractivity contribution in [1.29, 1.82) is 0 Å². The lowest BCUT2D eigenvalue weighted by Gasteiger charge is -2.20. The van der Waals surface area contributed by atoms with Crippen LogP contribution in [0.2, 0.25) is 0 Å². The lowest BCUT2D eigenvalue weighted by molar-refractivity contribution is -0.124. The molecule has 1 atom stereocenters. The Balaban J connectivity index is 2.56. The Bertz CT molecular complexity index is 438. The van der Waals surface area contributed by atoms with Crippen molar-refractivity contribution in [3.8, 4) is 5.75 Å². The molecule has 0 fully saturated rings. The molecular formula is C16H26N2O2. The van der Waals surface area contributed by atoms with Gasteiger partial charge in [0.15, 0.2) is 6.61 Å². The van der Waals surface area contributed by atoms with Gasteiger partial charge >= 0.3 is 0 Å². The van der Waals surface area contributed by atoms with Crippen LogP contribution in [0.5, 0.6) is 5.75 Å². The summed E-state index contributed by atoms with van der Waals surface area (Å²) in [7, 11) is 0. The number of benzene rings is 1. The Hall–Kier alpha value is -1.55. The molecule has 0 aliphatic carbocycles.